The smallest absolute Gasteiger partial charge is 0.0619 e. The van der Waals surface area contributed by atoms with E-state index in [9.17, 15) is 0 Å². The summed E-state index contributed by atoms with van der Waals surface area (Å²) < 4.78 is 1.10. The molecule has 0 aromatic heterocycles. The van der Waals surface area contributed by atoms with Crippen LogP contribution in [-0.4, -0.2) is 0 Å². The summed E-state index contributed by atoms with van der Waals surface area (Å²) in [5.74, 6) is 0. The summed E-state index contributed by atoms with van der Waals surface area (Å²) in [6.07, 6.45) is 0. The van der Waals surface area contributed by atoms with Gasteiger partial charge < -0.3 is 0 Å². The predicted molar refractivity (Wildman–Crippen MR) is 153 cm³/mol. The molecule has 8 rings (SSSR count). The van der Waals surface area contributed by atoms with Crippen LogP contribution in [0.3, 0.4) is 0 Å². The minimum Gasteiger partial charge on any atom is -0.0619 e. The molecule has 0 heterocycles. The molecule has 6 aromatic carbocycles. The first-order chi connectivity index (χ1) is 17.8. The Bertz CT molecular complexity index is 1810. The first-order valence-corrected chi connectivity index (χ1v) is 13.2. The standard InChI is InChI=1S/C35H21Br/c36-25-10-7-9-23(20-25)24-17-18-32-29(21-24)34-26-11-2-1-8-22(26)16-19-33(34)35(32)30-14-5-3-12-27(30)28-13-4-6-15-31(28)35/h1-21H. The van der Waals surface area contributed by atoms with Gasteiger partial charge in [-0.25, -0.2) is 0 Å². The van der Waals surface area contributed by atoms with Crippen LogP contribution in [0.5, 0.6) is 0 Å². The van der Waals surface area contributed by atoms with Crippen LogP contribution in [0, 0.1) is 0 Å². The second kappa shape index (κ2) is 7.29. The molecule has 0 unspecified atom stereocenters. The molecule has 0 bridgehead atoms. The third kappa shape index (κ3) is 2.49. The van der Waals surface area contributed by atoms with Crippen LogP contribution in [0.25, 0.3) is 44.2 Å². The SMILES string of the molecule is Brc1cccc(-c2ccc3c(c2)-c2c(ccc4ccccc24)C32c3ccccc3-c3ccccc32)c1. The summed E-state index contributed by atoms with van der Waals surface area (Å²) in [5.41, 5.74) is 13.1. The van der Waals surface area contributed by atoms with E-state index in [1.54, 1.807) is 0 Å². The van der Waals surface area contributed by atoms with Gasteiger partial charge in [0.2, 0.25) is 0 Å². The molecule has 168 valence electrons. The summed E-state index contributed by atoms with van der Waals surface area (Å²) in [6.45, 7) is 0. The number of hydrogen-bond acceptors (Lipinski definition) is 0. The first kappa shape index (κ1) is 20.3. The van der Waals surface area contributed by atoms with Crippen molar-refractivity contribution in [1.82, 2.24) is 0 Å². The average Bonchev–Trinajstić information content (AvgIpc) is 3.40. The second-order valence-electron chi connectivity index (χ2n) is 9.82. The zero-order valence-corrected chi connectivity index (χ0v) is 21.1. The molecule has 1 spiro atoms. The fourth-order valence-electron chi connectivity index (χ4n) is 6.76. The van der Waals surface area contributed by atoms with Crippen LogP contribution < -0.4 is 0 Å². The van der Waals surface area contributed by atoms with E-state index in [-0.39, 0.29) is 5.41 Å². The van der Waals surface area contributed by atoms with Crippen LogP contribution in [0.15, 0.2) is 132 Å². The Hall–Kier alpha value is -3.94. The van der Waals surface area contributed by atoms with Gasteiger partial charge in [0.15, 0.2) is 0 Å². The largest absolute Gasteiger partial charge is 0.0725 e. The highest BCUT2D eigenvalue weighted by Gasteiger charge is 2.51. The third-order valence-electron chi connectivity index (χ3n) is 8.14. The lowest BCUT2D eigenvalue weighted by Gasteiger charge is -2.30. The number of hydrogen-bond donors (Lipinski definition) is 0. The fourth-order valence-corrected chi connectivity index (χ4v) is 7.16. The van der Waals surface area contributed by atoms with Gasteiger partial charge in [0.25, 0.3) is 0 Å². The van der Waals surface area contributed by atoms with Crippen LogP contribution in [0.1, 0.15) is 22.3 Å². The quantitative estimate of drug-likeness (QED) is 0.202. The molecule has 2 aliphatic carbocycles. The molecular weight excluding hydrogens is 500 g/mol. The summed E-state index contributed by atoms with van der Waals surface area (Å²) in [5, 5.41) is 2.60. The second-order valence-corrected chi connectivity index (χ2v) is 10.7. The van der Waals surface area contributed by atoms with Crippen molar-refractivity contribution in [2.45, 2.75) is 5.41 Å². The van der Waals surface area contributed by atoms with E-state index in [4.69, 9.17) is 0 Å². The van der Waals surface area contributed by atoms with Gasteiger partial charge in [-0.3, -0.25) is 0 Å². The van der Waals surface area contributed by atoms with Gasteiger partial charge in [-0.1, -0.05) is 125 Å². The topological polar surface area (TPSA) is 0 Å². The van der Waals surface area contributed by atoms with Gasteiger partial charge in [-0.15, -0.1) is 0 Å². The first-order valence-electron chi connectivity index (χ1n) is 12.4. The molecule has 1 heteroatoms. The van der Waals surface area contributed by atoms with E-state index in [0.29, 0.717) is 0 Å². The highest BCUT2D eigenvalue weighted by atomic mass is 79.9. The zero-order valence-electron chi connectivity index (χ0n) is 19.5. The van der Waals surface area contributed by atoms with Crippen LogP contribution in [-0.2, 0) is 5.41 Å². The van der Waals surface area contributed by atoms with Crippen LogP contribution in [0.2, 0.25) is 0 Å². The zero-order chi connectivity index (χ0) is 23.9. The normalized spacial score (nSPS) is 13.9. The third-order valence-corrected chi connectivity index (χ3v) is 8.63. The Morgan fingerprint density at radius 3 is 1.86 bits per heavy atom. The molecule has 0 saturated carbocycles. The Kier molecular flexibility index (Phi) is 4.10. The fraction of sp³-hybridized carbons (Fsp3) is 0.0286. The molecule has 2 aliphatic rings. The Morgan fingerprint density at radius 2 is 1.08 bits per heavy atom. The van der Waals surface area contributed by atoms with E-state index in [2.05, 4.69) is 143 Å². The van der Waals surface area contributed by atoms with Crippen molar-refractivity contribution >= 4 is 26.7 Å². The Balaban J connectivity index is 1.55. The highest BCUT2D eigenvalue weighted by molar-refractivity contribution is 9.10. The number of fused-ring (bicyclic) bond motifs is 12. The Morgan fingerprint density at radius 1 is 0.444 bits per heavy atom. The van der Waals surface area contributed by atoms with Crippen molar-refractivity contribution in [1.29, 1.82) is 0 Å². The molecule has 6 aromatic rings. The molecule has 0 atom stereocenters. The van der Waals surface area contributed by atoms with Crippen molar-refractivity contribution in [2.75, 3.05) is 0 Å². The van der Waals surface area contributed by atoms with E-state index in [1.165, 1.54) is 66.4 Å². The monoisotopic (exact) mass is 520 g/mol. The van der Waals surface area contributed by atoms with E-state index in [0.717, 1.165) is 4.47 Å². The molecule has 0 radical (unpaired) electrons. The molecule has 0 N–H and O–H groups in total. The minimum atomic E-state index is -0.308. The number of benzene rings is 6. The molecule has 0 fully saturated rings. The molecule has 0 nitrogen and oxygen atoms in total. The Labute approximate surface area is 219 Å². The highest BCUT2D eigenvalue weighted by Crippen LogP contribution is 2.63. The van der Waals surface area contributed by atoms with Crippen molar-refractivity contribution in [3.8, 4) is 33.4 Å². The minimum absolute atomic E-state index is 0.308. The van der Waals surface area contributed by atoms with Gasteiger partial charge in [0.05, 0.1) is 5.41 Å². The van der Waals surface area contributed by atoms with Crippen molar-refractivity contribution in [3.05, 3.63) is 154 Å². The van der Waals surface area contributed by atoms with Crippen molar-refractivity contribution in [2.24, 2.45) is 0 Å². The maximum absolute atomic E-state index is 3.66. The van der Waals surface area contributed by atoms with Gasteiger partial charge in [0, 0.05) is 4.47 Å². The van der Waals surface area contributed by atoms with Gasteiger partial charge in [-0.05, 0) is 84.6 Å². The lowest BCUT2D eigenvalue weighted by molar-refractivity contribution is 0.794. The molecular formula is C35H21Br. The van der Waals surface area contributed by atoms with E-state index < -0.39 is 0 Å². The maximum Gasteiger partial charge on any atom is 0.0725 e. The van der Waals surface area contributed by atoms with Gasteiger partial charge in [0.1, 0.15) is 0 Å². The summed E-state index contributed by atoms with van der Waals surface area (Å²) in [6, 6.07) is 47.2. The maximum atomic E-state index is 3.66. The lowest BCUT2D eigenvalue weighted by Crippen LogP contribution is -2.25. The lowest BCUT2D eigenvalue weighted by atomic mass is 9.70. The van der Waals surface area contributed by atoms with Gasteiger partial charge >= 0.3 is 0 Å². The van der Waals surface area contributed by atoms with E-state index >= 15 is 0 Å². The molecule has 0 aliphatic heterocycles. The number of rotatable bonds is 1. The van der Waals surface area contributed by atoms with E-state index in [1.807, 2.05) is 0 Å². The van der Waals surface area contributed by atoms with Crippen molar-refractivity contribution < 1.29 is 0 Å². The molecule has 0 saturated heterocycles. The summed E-state index contributed by atoms with van der Waals surface area (Å²) in [7, 11) is 0. The average molecular weight is 521 g/mol. The van der Waals surface area contributed by atoms with Gasteiger partial charge in [-0.2, -0.15) is 0 Å². The van der Waals surface area contributed by atoms with Crippen LogP contribution in [0.4, 0.5) is 0 Å². The molecule has 0 amide bonds. The van der Waals surface area contributed by atoms with Crippen molar-refractivity contribution in [3.63, 3.8) is 0 Å². The summed E-state index contributed by atoms with van der Waals surface area (Å²) >= 11 is 3.66. The predicted octanol–water partition coefficient (Wildman–Crippen LogP) is 9.61. The summed E-state index contributed by atoms with van der Waals surface area (Å²) in [4.78, 5) is 0. The van der Waals surface area contributed by atoms with Crippen LogP contribution >= 0.6 is 15.9 Å². The molecule has 36 heavy (non-hydrogen) atoms. The number of halogens is 1.